The number of aliphatic carboxylic acids is 2. The fraction of sp³-hybridized carbons (Fsp3) is 0.379. The fourth-order valence-electron chi connectivity index (χ4n) is 4.30. The number of benzene rings is 1. The van der Waals surface area contributed by atoms with E-state index in [0.29, 0.717) is 24.0 Å². The first-order valence-electron chi connectivity index (χ1n) is 12.2. The molecule has 1 aliphatic carbocycles. The third-order valence-electron chi connectivity index (χ3n) is 7.01. The summed E-state index contributed by atoms with van der Waals surface area (Å²) >= 11 is 0. The van der Waals surface area contributed by atoms with Gasteiger partial charge in [-0.2, -0.15) is 0 Å². The molecule has 0 bridgehead atoms. The minimum atomic E-state index is -1.26. The lowest BCUT2D eigenvalue weighted by Gasteiger charge is -2.29. The molecule has 0 aromatic heterocycles. The number of aromatic carboxylic acids is 2. The van der Waals surface area contributed by atoms with Gasteiger partial charge in [-0.15, -0.1) is 0 Å². The second-order valence-electron chi connectivity index (χ2n) is 9.78. The molecule has 0 heterocycles. The Morgan fingerprint density at radius 1 is 0.919 bits per heavy atom. The number of hydrogen-bond acceptors (Lipinski definition) is 4. The van der Waals surface area contributed by atoms with Gasteiger partial charge < -0.3 is 20.4 Å². The highest BCUT2D eigenvalue weighted by Crippen LogP contribution is 2.36. The van der Waals surface area contributed by atoms with Crippen LogP contribution >= 0.6 is 0 Å². The van der Waals surface area contributed by atoms with Gasteiger partial charge in [0.25, 0.3) is 0 Å². The average Bonchev–Trinajstić information content (AvgIpc) is 2.84. The fourth-order valence-corrected chi connectivity index (χ4v) is 4.30. The summed E-state index contributed by atoms with van der Waals surface area (Å²) in [4.78, 5) is 48.2. The highest BCUT2D eigenvalue weighted by atomic mass is 16.4. The van der Waals surface area contributed by atoms with Crippen LogP contribution in [0.25, 0.3) is 6.08 Å². The monoisotopic (exact) mass is 510 g/mol. The summed E-state index contributed by atoms with van der Waals surface area (Å²) in [6, 6.07) is 2.66. The summed E-state index contributed by atoms with van der Waals surface area (Å²) in [5.41, 5.74) is 0.249. The summed E-state index contributed by atoms with van der Waals surface area (Å²) in [7, 11) is 0. The van der Waals surface area contributed by atoms with Crippen LogP contribution in [0.2, 0.25) is 0 Å². The molecular formula is C29H34O8. The smallest absolute Gasteiger partial charge is 0.336 e. The van der Waals surface area contributed by atoms with Crippen LogP contribution in [-0.4, -0.2) is 44.3 Å². The summed E-state index contributed by atoms with van der Waals surface area (Å²) in [5.74, 6) is -5.67. The molecule has 1 atom stereocenters. The zero-order valence-corrected chi connectivity index (χ0v) is 21.7. The van der Waals surface area contributed by atoms with Crippen molar-refractivity contribution in [1.29, 1.82) is 0 Å². The number of allylic oxidation sites excluding steroid dienone is 4. The van der Waals surface area contributed by atoms with Gasteiger partial charge in [0.15, 0.2) is 0 Å². The molecule has 0 radical (unpaired) electrons. The van der Waals surface area contributed by atoms with E-state index in [0.717, 1.165) is 0 Å². The molecule has 0 spiro atoms. The van der Waals surface area contributed by atoms with E-state index in [1.165, 1.54) is 30.4 Å². The Balaban J connectivity index is 2.73. The first kappa shape index (κ1) is 29.3. The third-order valence-corrected chi connectivity index (χ3v) is 7.01. The van der Waals surface area contributed by atoms with Gasteiger partial charge in [-0.1, -0.05) is 58.9 Å². The van der Waals surface area contributed by atoms with Gasteiger partial charge in [0, 0.05) is 0 Å². The number of carbonyl (C=O) groups is 4. The van der Waals surface area contributed by atoms with Crippen molar-refractivity contribution in [2.24, 2.45) is 11.8 Å². The van der Waals surface area contributed by atoms with Crippen molar-refractivity contribution in [1.82, 2.24) is 0 Å². The highest BCUT2D eigenvalue weighted by Gasteiger charge is 2.31. The molecule has 1 aromatic carbocycles. The van der Waals surface area contributed by atoms with E-state index in [9.17, 15) is 39.6 Å². The Kier molecular flexibility index (Phi) is 9.39. The Bertz CT molecular complexity index is 1220. The van der Waals surface area contributed by atoms with Gasteiger partial charge in [0.1, 0.15) is 0 Å². The van der Waals surface area contributed by atoms with Crippen LogP contribution in [0.5, 0.6) is 0 Å². The van der Waals surface area contributed by atoms with E-state index in [2.05, 4.69) is 0 Å². The van der Waals surface area contributed by atoms with Crippen molar-refractivity contribution < 1.29 is 39.6 Å². The van der Waals surface area contributed by atoms with Crippen LogP contribution in [0.4, 0.5) is 0 Å². The first-order valence-corrected chi connectivity index (χ1v) is 12.2. The number of hydrogen-bond donors (Lipinski definition) is 4. The summed E-state index contributed by atoms with van der Waals surface area (Å²) in [6.07, 6.45) is 8.52. The molecule has 8 nitrogen and oxygen atoms in total. The zero-order chi connectivity index (χ0) is 28.1. The quantitative estimate of drug-likeness (QED) is 0.292. The Morgan fingerprint density at radius 3 is 1.97 bits per heavy atom. The summed E-state index contributed by atoms with van der Waals surface area (Å²) in [5, 5.41) is 39.3. The number of rotatable bonds is 11. The second kappa shape index (κ2) is 11.9. The number of carboxylic acid groups (broad SMARTS) is 4. The predicted molar refractivity (Wildman–Crippen MR) is 140 cm³/mol. The highest BCUT2D eigenvalue weighted by molar-refractivity contribution is 5.98. The van der Waals surface area contributed by atoms with E-state index < -0.39 is 35.2 Å². The number of carboxylic acids is 4. The van der Waals surface area contributed by atoms with Crippen molar-refractivity contribution in [3.8, 4) is 0 Å². The van der Waals surface area contributed by atoms with Crippen LogP contribution in [0.3, 0.4) is 0 Å². The van der Waals surface area contributed by atoms with Gasteiger partial charge in [-0.3, -0.25) is 4.79 Å². The van der Waals surface area contributed by atoms with Crippen molar-refractivity contribution in [3.63, 3.8) is 0 Å². The molecule has 37 heavy (non-hydrogen) atoms. The molecule has 4 N–H and O–H groups in total. The Morgan fingerprint density at radius 2 is 1.51 bits per heavy atom. The molecule has 2 rings (SSSR count). The van der Waals surface area contributed by atoms with Gasteiger partial charge in [-0.25, -0.2) is 14.4 Å². The first-order chi connectivity index (χ1) is 17.2. The molecule has 198 valence electrons. The van der Waals surface area contributed by atoms with Crippen molar-refractivity contribution in [2.75, 3.05) is 0 Å². The van der Waals surface area contributed by atoms with Crippen molar-refractivity contribution in [3.05, 3.63) is 75.4 Å². The van der Waals surface area contributed by atoms with Gasteiger partial charge in [0.05, 0.1) is 22.6 Å². The van der Waals surface area contributed by atoms with Gasteiger partial charge >= 0.3 is 23.9 Å². The maximum Gasteiger partial charge on any atom is 0.336 e. The maximum atomic E-state index is 12.1. The van der Waals surface area contributed by atoms with Crippen LogP contribution in [-0.2, 0) is 15.0 Å². The molecule has 0 amide bonds. The lowest BCUT2D eigenvalue weighted by molar-refractivity contribution is -0.140. The molecule has 8 heteroatoms. The van der Waals surface area contributed by atoms with Crippen LogP contribution < -0.4 is 0 Å². The SMILES string of the molecule is CCC(C)(CC)c1cc(C(=O)O)c(/C=C/C2=C(C(=O)O)C=C(/C=C/C(C)C)C(C(=O)O)C2)cc1C(=O)O. The zero-order valence-electron chi connectivity index (χ0n) is 21.7. The largest absolute Gasteiger partial charge is 0.481 e. The molecule has 0 fully saturated rings. The van der Waals surface area contributed by atoms with E-state index in [4.69, 9.17) is 0 Å². The van der Waals surface area contributed by atoms with Crippen LogP contribution in [0.1, 0.15) is 85.7 Å². The van der Waals surface area contributed by atoms with E-state index in [1.807, 2.05) is 34.6 Å². The Hall–Kier alpha value is -3.94. The maximum absolute atomic E-state index is 12.1. The van der Waals surface area contributed by atoms with Crippen LogP contribution in [0, 0.1) is 11.8 Å². The molecule has 0 saturated heterocycles. The summed E-state index contributed by atoms with van der Waals surface area (Å²) in [6.45, 7) is 9.52. The minimum Gasteiger partial charge on any atom is -0.481 e. The summed E-state index contributed by atoms with van der Waals surface area (Å²) < 4.78 is 0. The standard InChI is InChI=1S/C29H34O8/c1-6-29(5,7-2)24-15-22(27(34)35)19(14-23(24)28(36)37)11-10-18-13-20(25(30)31)17(9-8-16(3)4)12-21(18)26(32)33/h8-12,14-16,20H,6-7,13H2,1-5H3,(H,30,31)(H,32,33)(H,34,35)(H,36,37)/b9-8+,11-10+. The predicted octanol–water partition coefficient (Wildman–Crippen LogP) is 5.80. The molecule has 1 aromatic rings. The van der Waals surface area contributed by atoms with E-state index in [-0.39, 0.29) is 40.2 Å². The molecule has 1 unspecified atom stereocenters. The average molecular weight is 511 g/mol. The van der Waals surface area contributed by atoms with Crippen molar-refractivity contribution in [2.45, 2.75) is 59.3 Å². The van der Waals surface area contributed by atoms with Gasteiger partial charge in [-0.05, 0) is 71.1 Å². The lowest BCUT2D eigenvalue weighted by atomic mass is 9.74. The molecule has 0 aliphatic heterocycles. The third kappa shape index (κ3) is 6.64. The lowest BCUT2D eigenvalue weighted by Crippen LogP contribution is -2.24. The van der Waals surface area contributed by atoms with E-state index in [1.54, 1.807) is 12.2 Å². The van der Waals surface area contributed by atoms with Crippen molar-refractivity contribution >= 4 is 30.0 Å². The minimum absolute atomic E-state index is 0.0312. The topological polar surface area (TPSA) is 149 Å². The molecule has 1 aliphatic rings. The molecule has 0 saturated carbocycles. The van der Waals surface area contributed by atoms with Crippen LogP contribution in [0.15, 0.2) is 53.2 Å². The Labute approximate surface area is 216 Å². The van der Waals surface area contributed by atoms with E-state index >= 15 is 0 Å². The van der Waals surface area contributed by atoms with Gasteiger partial charge in [0.2, 0.25) is 0 Å². The normalized spacial score (nSPS) is 16.5. The molecular weight excluding hydrogens is 476 g/mol. The second-order valence-corrected chi connectivity index (χ2v) is 9.78.